The van der Waals surface area contributed by atoms with Crippen LogP contribution in [0.2, 0.25) is 0 Å². The number of nitrogens with two attached hydrogens (primary N) is 1. The molecule has 0 bridgehead atoms. The summed E-state index contributed by atoms with van der Waals surface area (Å²) in [7, 11) is 1.46. The van der Waals surface area contributed by atoms with Crippen molar-refractivity contribution < 1.29 is 23.9 Å². The number of benzene rings is 2. The summed E-state index contributed by atoms with van der Waals surface area (Å²) >= 11 is 0. The van der Waals surface area contributed by atoms with Gasteiger partial charge in [0.2, 0.25) is 17.7 Å². The van der Waals surface area contributed by atoms with Crippen LogP contribution in [-0.2, 0) is 9.59 Å². The molecular weight excluding hydrogens is 424 g/mol. The van der Waals surface area contributed by atoms with Gasteiger partial charge in [0, 0.05) is 24.9 Å². The number of para-hydroxylation sites is 1. The number of hydrogen-bond donors (Lipinski definition) is 2. The minimum Gasteiger partial charge on any atom is -0.495 e. The topological polar surface area (TPSA) is 122 Å². The van der Waals surface area contributed by atoms with E-state index in [0.29, 0.717) is 48.5 Å². The van der Waals surface area contributed by atoms with Crippen molar-refractivity contribution in [2.24, 2.45) is 5.73 Å². The zero-order valence-corrected chi connectivity index (χ0v) is 18.6. The van der Waals surface area contributed by atoms with E-state index in [4.69, 9.17) is 10.5 Å². The molecule has 2 aromatic rings. The molecule has 1 saturated heterocycles. The van der Waals surface area contributed by atoms with Gasteiger partial charge in [-0.2, -0.15) is 0 Å². The number of methoxy groups -OCH3 is 1. The van der Waals surface area contributed by atoms with Gasteiger partial charge in [-0.05, 0) is 50.1 Å². The molecule has 1 unspecified atom stereocenters. The molecule has 2 aliphatic heterocycles. The van der Waals surface area contributed by atoms with Gasteiger partial charge in [0.05, 0.1) is 24.0 Å². The number of carbonyl (C=O) groups is 4. The van der Waals surface area contributed by atoms with Crippen molar-refractivity contribution in [3.8, 4) is 5.75 Å². The maximum absolute atomic E-state index is 13.2. The van der Waals surface area contributed by atoms with Gasteiger partial charge in [-0.15, -0.1) is 0 Å². The minimum absolute atomic E-state index is 0.0124. The highest BCUT2D eigenvalue weighted by molar-refractivity contribution is 6.10. The number of primary amides is 1. The Balaban J connectivity index is 1.46. The van der Waals surface area contributed by atoms with E-state index in [9.17, 15) is 19.2 Å². The Morgan fingerprint density at radius 2 is 1.94 bits per heavy atom. The van der Waals surface area contributed by atoms with Crippen LogP contribution in [0.15, 0.2) is 42.5 Å². The Morgan fingerprint density at radius 1 is 1.18 bits per heavy atom. The number of ether oxygens (including phenoxy) is 1. The van der Waals surface area contributed by atoms with Crippen LogP contribution >= 0.6 is 0 Å². The van der Waals surface area contributed by atoms with Crippen LogP contribution < -0.4 is 20.7 Å². The van der Waals surface area contributed by atoms with Gasteiger partial charge in [-0.3, -0.25) is 24.1 Å². The summed E-state index contributed by atoms with van der Waals surface area (Å²) in [4.78, 5) is 53.3. The van der Waals surface area contributed by atoms with Crippen molar-refractivity contribution >= 4 is 35.0 Å². The molecule has 33 heavy (non-hydrogen) atoms. The first-order chi connectivity index (χ1) is 15.8. The Hall–Kier alpha value is -3.88. The predicted octanol–water partition coefficient (Wildman–Crippen LogP) is 2.51. The van der Waals surface area contributed by atoms with Crippen molar-refractivity contribution in [3.05, 3.63) is 53.6 Å². The lowest BCUT2D eigenvalue weighted by atomic mass is 9.98. The molecule has 2 aromatic carbocycles. The minimum atomic E-state index is -0.752. The fourth-order valence-corrected chi connectivity index (χ4v) is 4.61. The highest BCUT2D eigenvalue weighted by Crippen LogP contribution is 2.44. The average molecular weight is 450 g/mol. The number of nitrogens with zero attached hydrogens (tertiary/aromatic N) is 2. The number of anilines is 2. The van der Waals surface area contributed by atoms with Crippen LogP contribution in [0.1, 0.15) is 53.3 Å². The van der Waals surface area contributed by atoms with Gasteiger partial charge in [0.15, 0.2) is 0 Å². The number of fused-ring (bicyclic) bond motifs is 3. The Morgan fingerprint density at radius 3 is 2.67 bits per heavy atom. The molecule has 9 nitrogen and oxygen atoms in total. The number of nitrogens with one attached hydrogen (secondary N) is 1. The van der Waals surface area contributed by atoms with Crippen LogP contribution in [0.5, 0.6) is 5.75 Å². The van der Waals surface area contributed by atoms with Gasteiger partial charge in [0.1, 0.15) is 11.4 Å². The third-order valence-electron chi connectivity index (χ3n) is 6.29. The number of amides is 4. The summed E-state index contributed by atoms with van der Waals surface area (Å²) in [6.45, 7) is 2.21. The SMILES string of the molecule is COc1ccc(C(N)=O)cc1NC(=O)CCCN1C(=O)c2ccccc2N2C(=O)CCC12C. The van der Waals surface area contributed by atoms with E-state index in [1.807, 2.05) is 13.0 Å². The second-order valence-electron chi connectivity index (χ2n) is 8.35. The van der Waals surface area contributed by atoms with Crippen molar-refractivity contribution in [1.29, 1.82) is 0 Å². The smallest absolute Gasteiger partial charge is 0.257 e. The van der Waals surface area contributed by atoms with Crippen LogP contribution in [0.25, 0.3) is 0 Å². The molecule has 4 rings (SSSR count). The first kappa shape index (κ1) is 22.3. The molecule has 0 saturated carbocycles. The molecule has 0 aliphatic carbocycles. The standard InChI is InChI=1S/C24H26N4O5/c1-24-12-11-21(30)28(24)18-7-4-3-6-16(18)23(32)27(24)13-5-8-20(29)26-17-14-15(22(25)31)9-10-19(17)33-2/h3-4,6-7,9-10,14H,5,8,11-13H2,1-2H3,(H2,25,31)(H,26,29). The summed E-state index contributed by atoms with van der Waals surface area (Å²) < 4.78 is 5.24. The Labute approximate surface area is 191 Å². The lowest BCUT2D eigenvalue weighted by Gasteiger charge is -2.48. The lowest BCUT2D eigenvalue weighted by Crippen LogP contribution is -2.62. The van der Waals surface area contributed by atoms with Crippen molar-refractivity contribution in [1.82, 2.24) is 4.90 Å². The first-order valence-electron chi connectivity index (χ1n) is 10.8. The van der Waals surface area contributed by atoms with E-state index in [1.165, 1.54) is 19.2 Å². The molecule has 2 aliphatic rings. The second-order valence-corrected chi connectivity index (χ2v) is 8.35. The normalized spacial score (nSPS) is 19.2. The zero-order chi connectivity index (χ0) is 23.8. The highest BCUT2D eigenvalue weighted by atomic mass is 16.5. The van der Waals surface area contributed by atoms with Crippen LogP contribution in [0.4, 0.5) is 11.4 Å². The van der Waals surface area contributed by atoms with E-state index in [1.54, 1.807) is 34.1 Å². The summed E-state index contributed by atoms with van der Waals surface area (Å²) in [6.07, 6.45) is 1.44. The molecule has 2 heterocycles. The number of hydrogen-bond acceptors (Lipinski definition) is 5. The van der Waals surface area contributed by atoms with Gasteiger partial charge in [-0.1, -0.05) is 12.1 Å². The molecule has 0 spiro atoms. The maximum atomic E-state index is 13.2. The molecule has 1 fully saturated rings. The fraction of sp³-hybridized carbons (Fsp3) is 0.333. The Kier molecular flexibility index (Phi) is 5.80. The van der Waals surface area contributed by atoms with E-state index in [2.05, 4.69) is 5.32 Å². The molecule has 4 amide bonds. The third-order valence-corrected chi connectivity index (χ3v) is 6.29. The summed E-state index contributed by atoms with van der Waals surface area (Å²) in [5, 5.41) is 2.74. The van der Waals surface area contributed by atoms with Gasteiger partial charge in [0.25, 0.3) is 5.91 Å². The largest absolute Gasteiger partial charge is 0.495 e. The summed E-state index contributed by atoms with van der Waals surface area (Å²) in [5.74, 6) is -0.647. The maximum Gasteiger partial charge on any atom is 0.257 e. The van der Waals surface area contributed by atoms with Gasteiger partial charge in [-0.25, -0.2) is 0 Å². The fourth-order valence-electron chi connectivity index (χ4n) is 4.61. The number of rotatable bonds is 7. The lowest BCUT2D eigenvalue weighted by molar-refractivity contribution is -0.118. The molecule has 9 heteroatoms. The number of carbonyl (C=O) groups excluding carboxylic acids is 4. The van der Waals surface area contributed by atoms with Gasteiger partial charge < -0.3 is 20.7 Å². The zero-order valence-electron chi connectivity index (χ0n) is 18.6. The Bertz CT molecular complexity index is 1150. The van der Waals surface area contributed by atoms with Crippen LogP contribution in [0, 0.1) is 0 Å². The molecule has 0 radical (unpaired) electrons. The van der Waals surface area contributed by atoms with E-state index in [0.717, 1.165) is 0 Å². The van der Waals surface area contributed by atoms with Crippen molar-refractivity contribution in [3.63, 3.8) is 0 Å². The molecule has 0 aromatic heterocycles. The second kappa shape index (κ2) is 8.57. The third kappa shape index (κ3) is 3.90. The first-order valence-corrected chi connectivity index (χ1v) is 10.8. The van der Waals surface area contributed by atoms with Crippen molar-refractivity contribution in [2.45, 2.75) is 38.3 Å². The quantitative estimate of drug-likeness (QED) is 0.671. The molecular formula is C24H26N4O5. The molecule has 1 atom stereocenters. The monoisotopic (exact) mass is 450 g/mol. The highest BCUT2D eigenvalue weighted by Gasteiger charge is 2.52. The summed E-state index contributed by atoms with van der Waals surface area (Å²) in [6, 6.07) is 11.7. The summed E-state index contributed by atoms with van der Waals surface area (Å²) in [5.41, 5.74) is 6.30. The van der Waals surface area contributed by atoms with Crippen LogP contribution in [-0.4, -0.2) is 47.8 Å². The average Bonchev–Trinajstić information content (AvgIpc) is 3.11. The molecule has 172 valence electrons. The van der Waals surface area contributed by atoms with Gasteiger partial charge >= 0.3 is 0 Å². The van der Waals surface area contributed by atoms with Crippen LogP contribution in [0.3, 0.4) is 0 Å². The van der Waals surface area contributed by atoms with E-state index < -0.39 is 11.6 Å². The van der Waals surface area contributed by atoms with E-state index >= 15 is 0 Å². The predicted molar refractivity (Wildman–Crippen MR) is 122 cm³/mol. The van der Waals surface area contributed by atoms with Crippen molar-refractivity contribution in [2.75, 3.05) is 23.9 Å². The molecule has 3 N–H and O–H groups in total. The van der Waals surface area contributed by atoms with E-state index in [-0.39, 0.29) is 29.7 Å².